The summed E-state index contributed by atoms with van der Waals surface area (Å²) < 4.78 is 8.86. The molecular weight excluding hydrogens is 671 g/mol. The van der Waals surface area contributed by atoms with Crippen LogP contribution in [-0.2, 0) is 5.41 Å². The van der Waals surface area contributed by atoms with E-state index in [0.29, 0.717) is 0 Å². The van der Waals surface area contributed by atoms with E-state index in [1.54, 1.807) is 0 Å². The quantitative estimate of drug-likeness (QED) is 0.119. The van der Waals surface area contributed by atoms with E-state index < -0.39 is 8.07 Å². The number of aromatic nitrogens is 1. The Kier molecular flexibility index (Phi) is 7.53. The van der Waals surface area contributed by atoms with Crippen LogP contribution in [0, 0.1) is 0 Å². The highest BCUT2D eigenvalue weighted by molar-refractivity contribution is 7.19. The Bertz CT molecular complexity index is 2810. The number of nitrogens with zero attached hydrogens (tertiary/aromatic N) is 1. The maximum atomic E-state index is 6.48. The first-order valence-electron chi connectivity index (χ1n) is 18.8. The van der Waals surface area contributed by atoms with Crippen molar-refractivity contribution in [2.24, 2.45) is 0 Å². The van der Waals surface area contributed by atoms with E-state index >= 15 is 0 Å². The van der Waals surface area contributed by atoms with Crippen molar-refractivity contribution in [1.82, 2.24) is 4.57 Å². The molecule has 0 bridgehead atoms. The molecule has 0 amide bonds. The molecule has 10 rings (SSSR count). The molecule has 10 aromatic rings. The second-order valence-corrected chi connectivity index (χ2v) is 18.7. The molecule has 3 heteroatoms. The predicted octanol–water partition coefficient (Wildman–Crippen LogP) is 10.4. The third kappa shape index (κ3) is 4.93. The van der Waals surface area contributed by atoms with Crippen molar-refractivity contribution in [3.8, 4) is 5.69 Å². The van der Waals surface area contributed by atoms with Crippen molar-refractivity contribution in [3.05, 3.63) is 211 Å². The smallest absolute Gasteiger partial charge is 0.179 e. The molecule has 0 saturated carbocycles. The summed E-state index contributed by atoms with van der Waals surface area (Å²) in [6, 6.07) is 73.7. The van der Waals surface area contributed by atoms with Crippen LogP contribution in [0.2, 0.25) is 0 Å². The Morgan fingerprint density at radius 1 is 0.389 bits per heavy atom. The van der Waals surface area contributed by atoms with Crippen LogP contribution in [0.15, 0.2) is 205 Å². The molecule has 0 aliphatic heterocycles. The van der Waals surface area contributed by atoms with Crippen molar-refractivity contribution in [3.63, 3.8) is 0 Å². The minimum absolute atomic E-state index is 0.289. The van der Waals surface area contributed by atoms with Crippen LogP contribution in [-0.4, -0.2) is 12.6 Å². The van der Waals surface area contributed by atoms with Gasteiger partial charge in [-0.3, -0.25) is 0 Å². The van der Waals surface area contributed by atoms with Gasteiger partial charge < -0.3 is 8.98 Å². The minimum Gasteiger partial charge on any atom is -0.456 e. The monoisotopic (exact) mass is 709 g/mol. The normalized spacial score (nSPS) is 12.3. The first-order chi connectivity index (χ1) is 26.5. The largest absolute Gasteiger partial charge is 0.456 e. The molecule has 2 nitrogen and oxygen atoms in total. The highest BCUT2D eigenvalue weighted by atomic mass is 28.3. The number of hydrogen-bond acceptors (Lipinski definition) is 1. The van der Waals surface area contributed by atoms with Crippen molar-refractivity contribution in [2.45, 2.75) is 19.3 Å². The summed E-state index contributed by atoms with van der Waals surface area (Å²) in [6.07, 6.45) is 0. The van der Waals surface area contributed by atoms with E-state index in [0.717, 1.165) is 27.6 Å². The number of hydrogen-bond donors (Lipinski definition) is 0. The molecule has 2 aromatic heterocycles. The molecule has 0 N–H and O–H groups in total. The second kappa shape index (κ2) is 12.6. The second-order valence-electron chi connectivity index (χ2n) is 14.9. The third-order valence-electron chi connectivity index (χ3n) is 11.7. The summed E-state index contributed by atoms with van der Waals surface area (Å²) in [5.41, 5.74) is 7.59. The van der Waals surface area contributed by atoms with Crippen LogP contribution in [0.1, 0.15) is 25.0 Å². The summed E-state index contributed by atoms with van der Waals surface area (Å²) >= 11 is 0. The molecule has 0 fully saturated rings. The molecule has 0 spiro atoms. The summed E-state index contributed by atoms with van der Waals surface area (Å²) in [7, 11) is -2.67. The van der Waals surface area contributed by atoms with E-state index in [1.807, 2.05) is 0 Å². The summed E-state index contributed by atoms with van der Waals surface area (Å²) in [5.74, 6) is 0. The number of benzene rings is 8. The molecular formula is C51H39NOSi. The molecule has 8 aromatic carbocycles. The van der Waals surface area contributed by atoms with Crippen LogP contribution in [0.5, 0.6) is 0 Å². The van der Waals surface area contributed by atoms with E-state index in [2.05, 4.69) is 219 Å². The van der Waals surface area contributed by atoms with E-state index in [9.17, 15) is 0 Å². The molecule has 54 heavy (non-hydrogen) atoms. The molecule has 258 valence electrons. The van der Waals surface area contributed by atoms with Gasteiger partial charge in [0, 0.05) is 32.6 Å². The first-order valence-corrected chi connectivity index (χ1v) is 20.8. The van der Waals surface area contributed by atoms with Gasteiger partial charge in [0.1, 0.15) is 11.2 Å². The highest BCUT2D eigenvalue weighted by Crippen LogP contribution is 2.38. The number of fused-ring (bicyclic) bond motifs is 6. The van der Waals surface area contributed by atoms with E-state index in [1.165, 1.54) is 53.7 Å². The zero-order valence-corrected chi connectivity index (χ0v) is 31.4. The lowest BCUT2D eigenvalue weighted by molar-refractivity contribution is 0.640. The summed E-state index contributed by atoms with van der Waals surface area (Å²) in [6.45, 7) is 4.71. The van der Waals surface area contributed by atoms with Gasteiger partial charge >= 0.3 is 0 Å². The van der Waals surface area contributed by atoms with Crippen LogP contribution < -0.4 is 20.7 Å². The molecule has 0 unspecified atom stereocenters. The van der Waals surface area contributed by atoms with Gasteiger partial charge in [0.25, 0.3) is 0 Å². The van der Waals surface area contributed by atoms with Gasteiger partial charge in [0.2, 0.25) is 0 Å². The summed E-state index contributed by atoms with van der Waals surface area (Å²) in [5, 5.41) is 10.3. The molecule has 0 aliphatic carbocycles. The highest BCUT2D eigenvalue weighted by Gasteiger charge is 2.42. The average molecular weight is 710 g/mol. The molecule has 0 aliphatic rings. The molecule has 0 saturated heterocycles. The van der Waals surface area contributed by atoms with Crippen LogP contribution in [0.4, 0.5) is 0 Å². The lowest BCUT2D eigenvalue weighted by Crippen LogP contribution is -2.74. The van der Waals surface area contributed by atoms with Crippen molar-refractivity contribution in [2.75, 3.05) is 0 Å². The maximum Gasteiger partial charge on any atom is 0.179 e. The Balaban J connectivity index is 1.13. The minimum atomic E-state index is -2.67. The SMILES string of the molecule is CC(C)(c1cccc([Si](c2ccccc2)(c2ccccc2)c2ccccc2)c1)c1ccc2oc3ccc(-n4c5ccccc5c5ccccc54)cc3c2c1. The fraction of sp³-hybridized carbons (Fsp3) is 0.0588. The van der Waals surface area contributed by atoms with Gasteiger partial charge in [-0.15, -0.1) is 0 Å². The van der Waals surface area contributed by atoms with Gasteiger partial charge in [-0.2, -0.15) is 0 Å². The zero-order chi connectivity index (χ0) is 36.3. The van der Waals surface area contributed by atoms with Gasteiger partial charge in [0.05, 0.1) is 11.0 Å². The third-order valence-corrected chi connectivity index (χ3v) is 16.4. The van der Waals surface area contributed by atoms with E-state index in [4.69, 9.17) is 4.42 Å². The number of furan rings is 1. The molecule has 2 heterocycles. The zero-order valence-electron chi connectivity index (χ0n) is 30.4. The predicted molar refractivity (Wildman–Crippen MR) is 230 cm³/mol. The van der Waals surface area contributed by atoms with Gasteiger partial charge in [-0.05, 0) is 74.3 Å². The molecule has 0 radical (unpaired) electrons. The lowest BCUT2D eigenvalue weighted by atomic mass is 9.78. The standard InChI is InChI=1S/C51H39NOSi/c1-51(2,36-17-16-24-42(33-36)54(39-18-6-3-7-19-39,40-20-8-4-9-21-40)41-22-10-5-11-23-41)37-29-31-49-45(34-37)46-35-38(30-32-50(46)53-49)52-47-27-14-12-25-43(47)44-26-13-15-28-48(44)52/h3-35H,1-2H3. The van der Waals surface area contributed by atoms with Crippen molar-refractivity contribution >= 4 is 72.6 Å². The fourth-order valence-electron chi connectivity index (χ4n) is 8.87. The van der Waals surface area contributed by atoms with Crippen LogP contribution >= 0.6 is 0 Å². The van der Waals surface area contributed by atoms with Crippen LogP contribution in [0.3, 0.4) is 0 Å². The Labute approximate surface area is 316 Å². The average Bonchev–Trinajstić information content (AvgIpc) is 3.77. The van der Waals surface area contributed by atoms with Crippen molar-refractivity contribution < 1.29 is 4.42 Å². The maximum absolute atomic E-state index is 6.48. The number of rotatable bonds is 7. The van der Waals surface area contributed by atoms with Crippen molar-refractivity contribution in [1.29, 1.82) is 0 Å². The number of para-hydroxylation sites is 2. The molecule has 0 atom stereocenters. The van der Waals surface area contributed by atoms with Gasteiger partial charge in [0.15, 0.2) is 8.07 Å². The first kappa shape index (κ1) is 32.2. The lowest BCUT2D eigenvalue weighted by Gasteiger charge is -2.36. The Morgan fingerprint density at radius 2 is 0.852 bits per heavy atom. The Morgan fingerprint density at radius 3 is 1.43 bits per heavy atom. The van der Waals surface area contributed by atoms with E-state index in [-0.39, 0.29) is 5.41 Å². The Hall–Kier alpha value is -6.42. The topological polar surface area (TPSA) is 18.1 Å². The van der Waals surface area contributed by atoms with Gasteiger partial charge in [-0.1, -0.05) is 172 Å². The van der Waals surface area contributed by atoms with Gasteiger partial charge in [-0.25, -0.2) is 0 Å². The summed E-state index contributed by atoms with van der Waals surface area (Å²) in [4.78, 5) is 0. The fourth-order valence-corrected chi connectivity index (χ4v) is 13.7. The van der Waals surface area contributed by atoms with Crippen LogP contribution in [0.25, 0.3) is 49.4 Å².